The van der Waals surface area contributed by atoms with Crippen LogP contribution in [0.1, 0.15) is 19.8 Å². The molecule has 0 atom stereocenters. The molecule has 72 valence electrons. The van der Waals surface area contributed by atoms with Crippen molar-refractivity contribution in [3.63, 3.8) is 0 Å². The Morgan fingerprint density at radius 1 is 1.17 bits per heavy atom. The minimum absolute atomic E-state index is 1.13. The van der Waals surface area contributed by atoms with Crippen molar-refractivity contribution in [2.24, 2.45) is 0 Å². The molecule has 12 heavy (non-hydrogen) atoms. The molecule has 0 aliphatic heterocycles. The molecule has 0 bridgehead atoms. The molecule has 0 fully saturated rings. The summed E-state index contributed by atoms with van der Waals surface area (Å²) in [5.41, 5.74) is 0. The minimum Gasteiger partial charge on any atom is -0.306 e. The average molecular weight is 188 g/mol. The summed E-state index contributed by atoms with van der Waals surface area (Å²) in [7, 11) is 5.42. The minimum atomic E-state index is 1.13. The summed E-state index contributed by atoms with van der Waals surface area (Å²) in [5, 5.41) is 0. The van der Waals surface area contributed by atoms with Gasteiger partial charge in [-0.25, -0.2) is 0 Å². The molecule has 0 saturated heterocycles. The molecule has 0 aliphatic carbocycles. The van der Waals surface area contributed by atoms with Crippen LogP contribution in [-0.4, -0.2) is 49.6 Å². The zero-order chi connectivity index (χ0) is 9.40. The topological polar surface area (TPSA) is 6.48 Å². The Balaban J connectivity index is 3.23. The zero-order valence-corrected chi connectivity index (χ0v) is 9.48. The summed E-state index contributed by atoms with van der Waals surface area (Å²) in [4.78, 5) is 2.38. The molecular formula is C9H21N2P. The lowest BCUT2D eigenvalue weighted by Gasteiger charge is -2.16. The second-order valence-corrected chi connectivity index (χ2v) is 4.15. The van der Waals surface area contributed by atoms with E-state index in [1.165, 1.54) is 25.9 Å². The Kier molecular flexibility index (Phi) is 7.78. The molecule has 2 nitrogen and oxygen atoms in total. The van der Waals surface area contributed by atoms with Crippen LogP contribution in [0.25, 0.3) is 0 Å². The molecule has 0 radical (unpaired) electrons. The van der Waals surface area contributed by atoms with Gasteiger partial charge >= 0.3 is 0 Å². The third kappa shape index (κ3) is 6.78. The predicted molar refractivity (Wildman–Crippen MR) is 59.1 cm³/mol. The molecule has 0 aromatic rings. The first kappa shape index (κ1) is 12.1. The van der Waals surface area contributed by atoms with Gasteiger partial charge in [0, 0.05) is 6.54 Å². The van der Waals surface area contributed by atoms with Crippen LogP contribution in [0.3, 0.4) is 0 Å². The summed E-state index contributed by atoms with van der Waals surface area (Å²) < 4.78 is 2.22. The van der Waals surface area contributed by atoms with E-state index in [1.807, 2.05) is 0 Å². The Morgan fingerprint density at radius 3 is 2.33 bits per heavy atom. The van der Waals surface area contributed by atoms with Crippen molar-refractivity contribution >= 4 is 14.7 Å². The van der Waals surface area contributed by atoms with Crippen molar-refractivity contribution in [2.45, 2.75) is 19.8 Å². The van der Waals surface area contributed by atoms with Crippen LogP contribution in [0.15, 0.2) is 0 Å². The normalized spacial score (nSPS) is 11.8. The van der Waals surface area contributed by atoms with Gasteiger partial charge in [0.15, 0.2) is 0 Å². The molecule has 3 heteroatoms. The van der Waals surface area contributed by atoms with Gasteiger partial charge in [0.1, 0.15) is 0 Å². The first-order chi connectivity index (χ1) is 5.70. The summed E-state index contributed by atoms with van der Waals surface area (Å²) in [5.74, 6) is 0. The van der Waals surface area contributed by atoms with E-state index in [4.69, 9.17) is 0 Å². The van der Waals surface area contributed by atoms with E-state index in [0.29, 0.717) is 0 Å². The summed E-state index contributed by atoms with van der Waals surface area (Å²) >= 11 is 0. The van der Waals surface area contributed by atoms with Crippen LogP contribution in [0, 0.1) is 0 Å². The third-order valence-corrected chi connectivity index (χ3v) is 2.55. The molecule has 0 spiro atoms. The van der Waals surface area contributed by atoms with Crippen LogP contribution in [0.5, 0.6) is 0 Å². The second kappa shape index (κ2) is 7.72. The smallest absolute Gasteiger partial charge is 0.00754 e. The fraction of sp³-hybridized carbons (Fsp3) is 0.889. The highest BCUT2D eigenvalue weighted by molar-refractivity contribution is 7.33. The maximum Gasteiger partial charge on any atom is 0.00754 e. The van der Waals surface area contributed by atoms with E-state index < -0.39 is 0 Å². The van der Waals surface area contributed by atoms with Gasteiger partial charge in [0.05, 0.1) is 0 Å². The monoisotopic (exact) mass is 188 g/mol. The fourth-order valence-corrected chi connectivity index (χ4v) is 1.42. The standard InChI is InChI=1S/C9H21N2P/c1-5-7-10(2)8-6-9-11(3)12-4/h4-9H2,1-3H3. The van der Waals surface area contributed by atoms with Gasteiger partial charge in [-0.1, -0.05) is 13.2 Å². The van der Waals surface area contributed by atoms with Gasteiger partial charge in [-0.05, 0) is 48.4 Å². The van der Waals surface area contributed by atoms with Crippen molar-refractivity contribution in [2.75, 3.05) is 33.7 Å². The molecular weight excluding hydrogens is 167 g/mol. The van der Waals surface area contributed by atoms with E-state index in [0.717, 1.165) is 14.9 Å². The van der Waals surface area contributed by atoms with E-state index in [-0.39, 0.29) is 0 Å². The lowest BCUT2D eigenvalue weighted by atomic mass is 10.3. The quantitative estimate of drug-likeness (QED) is 0.563. The largest absolute Gasteiger partial charge is 0.306 e. The first-order valence-corrected chi connectivity index (χ1v) is 5.60. The van der Waals surface area contributed by atoms with Crippen LogP contribution >= 0.6 is 8.35 Å². The predicted octanol–water partition coefficient (Wildman–Crippen LogP) is 1.94. The average Bonchev–Trinajstić information content (AvgIpc) is 2.04. The van der Waals surface area contributed by atoms with E-state index in [9.17, 15) is 0 Å². The molecule has 0 heterocycles. The first-order valence-electron chi connectivity index (χ1n) is 4.57. The number of hydrogen-bond donors (Lipinski definition) is 0. The van der Waals surface area contributed by atoms with Crippen molar-refractivity contribution in [1.29, 1.82) is 0 Å². The molecule has 0 rings (SSSR count). The van der Waals surface area contributed by atoms with E-state index in [2.05, 4.69) is 36.9 Å². The molecule has 0 aromatic carbocycles. The fourth-order valence-electron chi connectivity index (χ4n) is 1.13. The van der Waals surface area contributed by atoms with Gasteiger partial charge in [-0.15, -0.1) is 0 Å². The second-order valence-electron chi connectivity index (χ2n) is 3.18. The highest BCUT2D eigenvalue weighted by Gasteiger charge is 1.97. The van der Waals surface area contributed by atoms with Crippen molar-refractivity contribution in [3.8, 4) is 0 Å². The summed E-state index contributed by atoms with van der Waals surface area (Å²) in [6.07, 6.45) is 6.30. The molecule has 0 amide bonds. The molecule has 0 N–H and O–H groups in total. The number of hydrogen-bond acceptors (Lipinski definition) is 2. The zero-order valence-electron chi connectivity index (χ0n) is 8.58. The van der Waals surface area contributed by atoms with Gasteiger partial charge in [-0.3, -0.25) is 4.67 Å². The van der Waals surface area contributed by atoms with Crippen molar-refractivity contribution in [1.82, 2.24) is 9.57 Å². The molecule has 0 aliphatic rings. The van der Waals surface area contributed by atoms with Crippen LogP contribution in [-0.2, 0) is 0 Å². The SMILES string of the molecule is C=PN(C)CCCN(C)CCC. The van der Waals surface area contributed by atoms with Gasteiger partial charge in [-0.2, -0.15) is 0 Å². The third-order valence-electron chi connectivity index (χ3n) is 1.87. The van der Waals surface area contributed by atoms with E-state index in [1.54, 1.807) is 0 Å². The number of rotatable bonds is 7. The molecule has 0 saturated carbocycles. The number of nitrogens with zero attached hydrogens (tertiary/aromatic N) is 2. The molecule has 0 unspecified atom stereocenters. The van der Waals surface area contributed by atoms with E-state index >= 15 is 0 Å². The van der Waals surface area contributed by atoms with Gasteiger partial charge in [0.25, 0.3) is 0 Å². The highest BCUT2D eigenvalue weighted by atomic mass is 31.1. The Hall–Kier alpha value is 0.0900. The van der Waals surface area contributed by atoms with Crippen molar-refractivity contribution < 1.29 is 0 Å². The van der Waals surface area contributed by atoms with Gasteiger partial charge in [0.2, 0.25) is 0 Å². The maximum atomic E-state index is 3.80. The Morgan fingerprint density at radius 2 is 1.83 bits per heavy atom. The van der Waals surface area contributed by atoms with Crippen molar-refractivity contribution in [3.05, 3.63) is 0 Å². The van der Waals surface area contributed by atoms with Crippen LogP contribution in [0.2, 0.25) is 0 Å². The van der Waals surface area contributed by atoms with Crippen LogP contribution in [0.4, 0.5) is 0 Å². The van der Waals surface area contributed by atoms with Gasteiger partial charge < -0.3 is 4.90 Å². The molecule has 0 aromatic heterocycles. The summed E-state index contributed by atoms with van der Waals surface area (Å²) in [6.45, 7) is 5.79. The lowest BCUT2D eigenvalue weighted by Crippen LogP contribution is -2.23. The Bertz CT molecular complexity index is 117. The lowest BCUT2D eigenvalue weighted by molar-refractivity contribution is 0.319. The highest BCUT2D eigenvalue weighted by Crippen LogP contribution is 2.00. The maximum absolute atomic E-state index is 3.80. The van der Waals surface area contributed by atoms with Crippen LogP contribution < -0.4 is 0 Å². The Labute approximate surface area is 78.4 Å². The summed E-state index contributed by atoms with van der Waals surface area (Å²) in [6, 6.07) is 0.